The van der Waals surface area contributed by atoms with Gasteiger partial charge in [0.15, 0.2) is 5.75 Å². The van der Waals surface area contributed by atoms with Crippen molar-refractivity contribution in [1.29, 1.82) is 0 Å². The minimum Gasteiger partial charge on any atom is -0.490 e. The van der Waals surface area contributed by atoms with Gasteiger partial charge in [-0.25, -0.2) is 13.1 Å². The van der Waals surface area contributed by atoms with Crippen LogP contribution in [0.1, 0.15) is 12.8 Å². The Morgan fingerprint density at radius 2 is 2.00 bits per heavy atom. The lowest BCUT2D eigenvalue weighted by molar-refractivity contribution is -0.385. The molecule has 22 heavy (non-hydrogen) atoms. The van der Waals surface area contributed by atoms with Gasteiger partial charge in [0.2, 0.25) is 10.0 Å². The smallest absolute Gasteiger partial charge is 0.310 e. The van der Waals surface area contributed by atoms with Gasteiger partial charge in [0.25, 0.3) is 0 Å². The minimum absolute atomic E-state index is 0.0334. The molecule has 1 saturated heterocycles. The number of methoxy groups -OCH3 is 1. The van der Waals surface area contributed by atoms with Gasteiger partial charge in [0.05, 0.1) is 16.9 Å². The molecule has 122 valence electrons. The summed E-state index contributed by atoms with van der Waals surface area (Å²) in [7, 11) is -0.465. The number of nitrogens with one attached hydrogen (secondary N) is 1. The fourth-order valence-electron chi connectivity index (χ4n) is 2.39. The van der Waals surface area contributed by atoms with Gasteiger partial charge in [0.1, 0.15) is 0 Å². The van der Waals surface area contributed by atoms with Crippen LogP contribution in [0.4, 0.5) is 5.69 Å². The molecule has 8 nitrogen and oxygen atoms in total. The van der Waals surface area contributed by atoms with Crippen molar-refractivity contribution in [3.05, 3.63) is 28.3 Å². The molecule has 0 spiro atoms. The quantitative estimate of drug-likeness (QED) is 0.638. The average molecular weight is 329 g/mol. The predicted molar refractivity (Wildman–Crippen MR) is 80.5 cm³/mol. The van der Waals surface area contributed by atoms with Gasteiger partial charge < -0.3 is 9.64 Å². The zero-order valence-corrected chi connectivity index (χ0v) is 13.3. The molecule has 0 saturated carbocycles. The highest BCUT2D eigenvalue weighted by molar-refractivity contribution is 7.89. The number of hydrogen-bond acceptors (Lipinski definition) is 6. The summed E-state index contributed by atoms with van der Waals surface area (Å²) in [5, 5.41) is 10.8. The number of benzene rings is 1. The van der Waals surface area contributed by atoms with Gasteiger partial charge in [-0.15, -0.1) is 0 Å². The Bertz CT molecular complexity index is 654. The van der Waals surface area contributed by atoms with Crippen molar-refractivity contribution in [1.82, 2.24) is 9.62 Å². The van der Waals surface area contributed by atoms with Crippen LogP contribution in [0, 0.1) is 10.1 Å². The van der Waals surface area contributed by atoms with Crippen LogP contribution in [-0.4, -0.2) is 51.5 Å². The van der Waals surface area contributed by atoms with Crippen molar-refractivity contribution in [2.75, 3.05) is 27.2 Å². The Balaban J connectivity index is 2.20. The van der Waals surface area contributed by atoms with E-state index in [0.29, 0.717) is 0 Å². The number of nitro benzene ring substituents is 1. The molecule has 0 amide bonds. The van der Waals surface area contributed by atoms with E-state index < -0.39 is 14.9 Å². The molecule has 0 aromatic heterocycles. The normalized spacial score (nSPS) is 17.4. The second-order valence-corrected chi connectivity index (χ2v) is 7.00. The van der Waals surface area contributed by atoms with Gasteiger partial charge in [0, 0.05) is 18.2 Å². The van der Waals surface area contributed by atoms with Crippen LogP contribution in [0.25, 0.3) is 0 Å². The molecule has 2 rings (SSSR count). The molecule has 9 heteroatoms. The summed E-state index contributed by atoms with van der Waals surface area (Å²) in [6, 6.07) is 3.41. The average Bonchev–Trinajstić information content (AvgIpc) is 2.48. The van der Waals surface area contributed by atoms with Crippen LogP contribution < -0.4 is 9.46 Å². The minimum atomic E-state index is -3.72. The largest absolute Gasteiger partial charge is 0.490 e. The maximum Gasteiger partial charge on any atom is 0.310 e. The monoisotopic (exact) mass is 329 g/mol. The van der Waals surface area contributed by atoms with Crippen molar-refractivity contribution >= 4 is 15.7 Å². The highest BCUT2D eigenvalue weighted by Crippen LogP contribution is 2.29. The van der Waals surface area contributed by atoms with Gasteiger partial charge in [-0.1, -0.05) is 0 Å². The summed E-state index contributed by atoms with van der Waals surface area (Å²) in [4.78, 5) is 12.3. The summed E-state index contributed by atoms with van der Waals surface area (Å²) < 4.78 is 32.3. The number of sulfonamides is 1. The van der Waals surface area contributed by atoms with Gasteiger partial charge in [-0.3, -0.25) is 10.1 Å². The first-order valence-corrected chi connectivity index (χ1v) is 8.35. The Morgan fingerprint density at radius 1 is 1.36 bits per heavy atom. The van der Waals surface area contributed by atoms with Crippen LogP contribution in [0.3, 0.4) is 0 Å². The van der Waals surface area contributed by atoms with E-state index in [1.165, 1.54) is 19.2 Å². The SMILES string of the molecule is COc1cc(S(=O)(=O)NC2CCN(C)CC2)ccc1[N+](=O)[O-]. The van der Waals surface area contributed by atoms with Crippen LogP contribution in [-0.2, 0) is 10.0 Å². The van der Waals surface area contributed by atoms with Crippen LogP contribution in [0.2, 0.25) is 0 Å². The molecule has 1 aromatic rings. The van der Waals surface area contributed by atoms with E-state index in [1.54, 1.807) is 0 Å². The highest BCUT2D eigenvalue weighted by atomic mass is 32.2. The molecule has 0 unspecified atom stereocenters. The number of piperidine rings is 1. The molecule has 1 heterocycles. The molecule has 1 aliphatic heterocycles. The van der Waals surface area contributed by atoms with E-state index in [1.807, 2.05) is 7.05 Å². The standard InChI is InChI=1S/C13H19N3O5S/c1-15-7-5-10(6-8-15)14-22(19,20)11-3-4-12(16(17)18)13(9-11)21-2/h3-4,9-10,14H,5-8H2,1-2H3. The first-order valence-electron chi connectivity index (χ1n) is 6.87. The van der Waals surface area contributed by atoms with E-state index >= 15 is 0 Å². The zero-order valence-electron chi connectivity index (χ0n) is 12.5. The van der Waals surface area contributed by atoms with Crippen molar-refractivity contribution in [2.24, 2.45) is 0 Å². The van der Waals surface area contributed by atoms with Gasteiger partial charge in [-0.05, 0) is 39.0 Å². The van der Waals surface area contributed by atoms with Crippen molar-refractivity contribution in [3.63, 3.8) is 0 Å². The number of ether oxygens (including phenoxy) is 1. The summed E-state index contributed by atoms with van der Waals surface area (Å²) >= 11 is 0. The number of nitrogens with zero attached hydrogens (tertiary/aromatic N) is 2. The Labute approximate surface area is 129 Å². The highest BCUT2D eigenvalue weighted by Gasteiger charge is 2.25. The summed E-state index contributed by atoms with van der Waals surface area (Å²) in [5.41, 5.74) is -0.263. The topological polar surface area (TPSA) is 102 Å². The molecule has 0 aliphatic carbocycles. The Hall–Kier alpha value is -1.71. The van der Waals surface area contributed by atoms with E-state index in [4.69, 9.17) is 4.74 Å². The van der Waals surface area contributed by atoms with Crippen molar-refractivity contribution in [3.8, 4) is 5.75 Å². The maximum atomic E-state index is 12.4. The molecule has 0 atom stereocenters. The Morgan fingerprint density at radius 3 is 2.55 bits per heavy atom. The molecular formula is C13H19N3O5S. The van der Waals surface area contributed by atoms with Gasteiger partial charge in [-0.2, -0.15) is 0 Å². The Kier molecular flexibility index (Phi) is 4.99. The van der Waals surface area contributed by atoms with Crippen LogP contribution in [0.15, 0.2) is 23.1 Å². The van der Waals surface area contributed by atoms with E-state index in [9.17, 15) is 18.5 Å². The van der Waals surface area contributed by atoms with Gasteiger partial charge >= 0.3 is 5.69 Å². The molecule has 1 aromatic carbocycles. The zero-order chi connectivity index (χ0) is 16.3. The molecule has 1 fully saturated rings. The summed E-state index contributed by atoms with van der Waals surface area (Å²) in [5.74, 6) is -0.0729. The first-order chi connectivity index (χ1) is 10.3. The summed E-state index contributed by atoms with van der Waals surface area (Å²) in [6.07, 6.45) is 1.47. The van der Waals surface area contributed by atoms with Crippen molar-refractivity contribution in [2.45, 2.75) is 23.8 Å². The number of nitro groups is 1. The molecule has 1 aliphatic rings. The lowest BCUT2D eigenvalue weighted by Crippen LogP contribution is -2.43. The molecule has 0 radical (unpaired) electrons. The third-order valence-corrected chi connectivity index (χ3v) is 5.22. The predicted octanol–water partition coefficient (Wildman–Crippen LogP) is 0.976. The second-order valence-electron chi connectivity index (χ2n) is 5.29. The lowest BCUT2D eigenvalue weighted by atomic mass is 10.1. The third kappa shape index (κ3) is 3.73. The lowest BCUT2D eigenvalue weighted by Gasteiger charge is -2.29. The van der Waals surface area contributed by atoms with E-state index in [0.717, 1.165) is 32.0 Å². The number of likely N-dealkylation sites (tertiary alicyclic amines) is 1. The fraction of sp³-hybridized carbons (Fsp3) is 0.538. The molecule has 1 N–H and O–H groups in total. The second kappa shape index (κ2) is 6.59. The fourth-order valence-corrected chi connectivity index (χ4v) is 3.71. The van der Waals surface area contributed by atoms with Crippen LogP contribution in [0.5, 0.6) is 5.75 Å². The first kappa shape index (κ1) is 16.7. The maximum absolute atomic E-state index is 12.4. The van der Waals surface area contributed by atoms with Crippen molar-refractivity contribution < 1.29 is 18.1 Å². The molecule has 0 bridgehead atoms. The third-order valence-electron chi connectivity index (χ3n) is 3.70. The van der Waals surface area contributed by atoms with E-state index in [-0.39, 0.29) is 22.4 Å². The van der Waals surface area contributed by atoms with Crippen LogP contribution >= 0.6 is 0 Å². The molecular weight excluding hydrogens is 310 g/mol. The number of rotatable bonds is 5. The number of hydrogen-bond donors (Lipinski definition) is 1. The summed E-state index contributed by atoms with van der Waals surface area (Å²) in [6.45, 7) is 1.66. The van der Waals surface area contributed by atoms with E-state index in [2.05, 4.69) is 9.62 Å².